The number of nitrogens with zero attached hydrogens (tertiary/aromatic N) is 4. The first-order valence-corrected chi connectivity index (χ1v) is 6.26. The maximum atomic E-state index is 8.89. The van der Waals surface area contributed by atoms with Crippen molar-refractivity contribution >= 4 is 0 Å². The highest BCUT2D eigenvalue weighted by Crippen LogP contribution is 2.27. The van der Waals surface area contributed by atoms with Crippen LogP contribution in [-0.2, 0) is 19.4 Å². The van der Waals surface area contributed by atoms with Crippen LogP contribution in [0, 0.1) is 11.3 Å². The first kappa shape index (κ1) is 11.0. The Balaban J connectivity index is 2.13. The Morgan fingerprint density at radius 3 is 2.89 bits per heavy atom. The van der Waals surface area contributed by atoms with Crippen molar-refractivity contribution in [3.8, 4) is 17.5 Å². The first-order valence-electron chi connectivity index (χ1n) is 6.26. The second-order valence-electron chi connectivity index (χ2n) is 4.51. The normalized spacial score (nSPS) is 13.9. The molecule has 0 aliphatic carbocycles. The van der Waals surface area contributed by atoms with Crippen molar-refractivity contribution in [2.75, 3.05) is 0 Å². The van der Waals surface area contributed by atoms with Gasteiger partial charge in [-0.2, -0.15) is 5.26 Å². The summed E-state index contributed by atoms with van der Waals surface area (Å²) in [5.74, 6) is 0.984. The second-order valence-corrected chi connectivity index (χ2v) is 4.51. The average Bonchev–Trinajstić information content (AvgIpc) is 2.80. The number of aromatic nitrogens is 3. The fourth-order valence-electron chi connectivity index (χ4n) is 2.56. The highest BCUT2D eigenvalue weighted by atomic mass is 15.1. The third-order valence-electron chi connectivity index (χ3n) is 3.39. The van der Waals surface area contributed by atoms with E-state index in [-0.39, 0.29) is 0 Å². The molecular formula is C14H14N4. The zero-order valence-electron chi connectivity index (χ0n) is 10.1. The van der Waals surface area contributed by atoms with E-state index in [1.807, 2.05) is 12.1 Å². The Morgan fingerprint density at radius 1 is 1.28 bits per heavy atom. The average molecular weight is 238 g/mol. The van der Waals surface area contributed by atoms with E-state index in [9.17, 15) is 0 Å². The molecule has 0 bridgehead atoms. The van der Waals surface area contributed by atoms with Crippen LogP contribution in [0.3, 0.4) is 0 Å². The quantitative estimate of drug-likeness (QED) is 0.807. The molecule has 1 aliphatic rings. The van der Waals surface area contributed by atoms with Crippen LogP contribution in [0.25, 0.3) is 11.4 Å². The number of pyridine rings is 1. The van der Waals surface area contributed by atoms with Gasteiger partial charge in [-0.1, -0.05) is 0 Å². The van der Waals surface area contributed by atoms with Gasteiger partial charge >= 0.3 is 0 Å². The SMILES string of the molecule is N#CCc1nc(-c2ccncc2)n2c1CCCC2. The van der Waals surface area contributed by atoms with Crippen LogP contribution in [0.4, 0.5) is 0 Å². The summed E-state index contributed by atoms with van der Waals surface area (Å²) >= 11 is 0. The molecule has 0 atom stereocenters. The maximum Gasteiger partial charge on any atom is 0.140 e. The summed E-state index contributed by atoms with van der Waals surface area (Å²) in [5, 5.41) is 8.89. The van der Waals surface area contributed by atoms with Gasteiger partial charge in [0.15, 0.2) is 0 Å². The number of fused-ring (bicyclic) bond motifs is 1. The summed E-state index contributed by atoms with van der Waals surface area (Å²) in [7, 11) is 0. The number of rotatable bonds is 2. The van der Waals surface area contributed by atoms with E-state index < -0.39 is 0 Å². The van der Waals surface area contributed by atoms with Crippen molar-refractivity contribution < 1.29 is 0 Å². The number of imidazole rings is 1. The van der Waals surface area contributed by atoms with Gasteiger partial charge in [0.2, 0.25) is 0 Å². The maximum absolute atomic E-state index is 8.89. The molecule has 0 spiro atoms. The predicted molar refractivity (Wildman–Crippen MR) is 67.7 cm³/mol. The van der Waals surface area contributed by atoms with Gasteiger partial charge in [-0.05, 0) is 31.4 Å². The van der Waals surface area contributed by atoms with Gasteiger partial charge in [-0.25, -0.2) is 4.98 Å². The molecule has 0 aromatic carbocycles. The van der Waals surface area contributed by atoms with Gasteiger partial charge in [0, 0.05) is 30.2 Å². The van der Waals surface area contributed by atoms with Gasteiger partial charge in [-0.3, -0.25) is 4.98 Å². The summed E-state index contributed by atoms with van der Waals surface area (Å²) < 4.78 is 2.27. The predicted octanol–water partition coefficient (Wildman–Crippen LogP) is 2.35. The molecule has 4 heteroatoms. The standard InChI is InChI=1S/C14H14N4/c15-7-4-12-13-3-1-2-10-18(13)14(17-12)11-5-8-16-9-6-11/h5-6,8-9H,1-4,10H2. The lowest BCUT2D eigenvalue weighted by molar-refractivity contribution is 0.534. The lowest BCUT2D eigenvalue weighted by Crippen LogP contribution is -2.11. The number of hydrogen-bond donors (Lipinski definition) is 0. The minimum atomic E-state index is 0.403. The molecule has 0 saturated heterocycles. The summed E-state index contributed by atoms with van der Waals surface area (Å²) in [5.41, 5.74) is 3.27. The van der Waals surface area contributed by atoms with Crippen LogP contribution in [0.5, 0.6) is 0 Å². The van der Waals surface area contributed by atoms with Gasteiger partial charge in [0.1, 0.15) is 5.82 Å². The number of nitriles is 1. The third-order valence-corrected chi connectivity index (χ3v) is 3.39. The summed E-state index contributed by atoms with van der Waals surface area (Å²) in [4.78, 5) is 8.70. The molecule has 2 aromatic heterocycles. The molecule has 18 heavy (non-hydrogen) atoms. The van der Waals surface area contributed by atoms with Gasteiger partial charge < -0.3 is 4.57 Å². The van der Waals surface area contributed by atoms with E-state index in [2.05, 4.69) is 20.6 Å². The highest BCUT2D eigenvalue weighted by Gasteiger charge is 2.20. The smallest absolute Gasteiger partial charge is 0.140 e. The van der Waals surface area contributed by atoms with Crippen LogP contribution in [0.15, 0.2) is 24.5 Å². The zero-order valence-corrected chi connectivity index (χ0v) is 10.1. The van der Waals surface area contributed by atoms with E-state index in [1.54, 1.807) is 12.4 Å². The van der Waals surface area contributed by atoms with Crippen molar-refractivity contribution in [2.24, 2.45) is 0 Å². The molecule has 3 rings (SSSR count). The van der Waals surface area contributed by atoms with Crippen molar-refractivity contribution in [1.82, 2.24) is 14.5 Å². The first-order chi connectivity index (χ1) is 8.90. The summed E-state index contributed by atoms with van der Waals surface area (Å²) in [6.07, 6.45) is 7.39. The Kier molecular flexibility index (Phi) is 2.81. The molecule has 0 saturated carbocycles. The summed E-state index contributed by atoms with van der Waals surface area (Å²) in [6, 6.07) is 6.16. The van der Waals surface area contributed by atoms with Gasteiger partial charge in [0.25, 0.3) is 0 Å². The van der Waals surface area contributed by atoms with E-state index in [1.165, 1.54) is 18.5 Å². The molecule has 90 valence electrons. The molecule has 0 radical (unpaired) electrons. The number of hydrogen-bond acceptors (Lipinski definition) is 3. The molecule has 3 heterocycles. The van der Waals surface area contributed by atoms with Gasteiger partial charge in [-0.15, -0.1) is 0 Å². The molecule has 0 unspecified atom stereocenters. The second kappa shape index (κ2) is 4.61. The van der Waals surface area contributed by atoms with E-state index in [4.69, 9.17) is 5.26 Å². The minimum Gasteiger partial charge on any atom is -0.328 e. The van der Waals surface area contributed by atoms with Crippen molar-refractivity contribution in [2.45, 2.75) is 32.2 Å². The Labute approximate surface area is 106 Å². The fourth-order valence-corrected chi connectivity index (χ4v) is 2.56. The van der Waals surface area contributed by atoms with E-state index in [0.717, 1.165) is 30.0 Å². The largest absolute Gasteiger partial charge is 0.328 e. The molecule has 0 amide bonds. The lowest BCUT2D eigenvalue weighted by Gasteiger charge is -2.17. The zero-order chi connectivity index (χ0) is 12.4. The monoisotopic (exact) mass is 238 g/mol. The fraction of sp³-hybridized carbons (Fsp3) is 0.357. The highest BCUT2D eigenvalue weighted by molar-refractivity contribution is 5.56. The molecule has 1 aliphatic heterocycles. The Bertz CT molecular complexity index is 592. The summed E-state index contributed by atoms with van der Waals surface area (Å²) in [6.45, 7) is 1.01. The van der Waals surface area contributed by atoms with Crippen LogP contribution in [0.1, 0.15) is 24.2 Å². The van der Waals surface area contributed by atoms with Crippen molar-refractivity contribution in [3.05, 3.63) is 35.9 Å². The van der Waals surface area contributed by atoms with Crippen molar-refractivity contribution in [1.29, 1.82) is 5.26 Å². The Morgan fingerprint density at radius 2 is 2.11 bits per heavy atom. The molecule has 0 fully saturated rings. The van der Waals surface area contributed by atoms with Crippen LogP contribution in [0.2, 0.25) is 0 Å². The van der Waals surface area contributed by atoms with Crippen LogP contribution < -0.4 is 0 Å². The lowest BCUT2D eigenvalue weighted by atomic mass is 10.1. The minimum absolute atomic E-state index is 0.403. The van der Waals surface area contributed by atoms with Gasteiger partial charge in [0.05, 0.1) is 18.2 Å². The van der Waals surface area contributed by atoms with Crippen LogP contribution >= 0.6 is 0 Å². The third kappa shape index (κ3) is 1.78. The molecule has 0 N–H and O–H groups in total. The topological polar surface area (TPSA) is 54.5 Å². The van der Waals surface area contributed by atoms with Crippen LogP contribution in [-0.4, -0.2) is 14.5 Å². The van der Waals surface area contributed by atoms with Crippen molar-refractivity contribution in [3.63, 3.8) is 0 Å². The Hall–Kier alpha value is -2.15. The molecule has 2 aromatic rings. The molecule has 4 nitrogen and oxygen atoms in total. The molecular weight excluding hydrogens is 224 g/mol. The van der Waals surface area contributed by atoms with E-state index in [0.29, 0.717) is 6.42 Å². The van der Waals surface area contributed by atoms with E-state index >= 15 is 0 Å².